The fourth-order valence-electron chi connectivity index (χ4n) is 1.60. The van der Waals surface area contributed by atoms with Gasteiger partial charge in [0.25, 0.3) is 0 Å². The second-order valence-electron chi connectivity index (χ2n) is 3.91. The van der Waals surface area contributed by atoms with Gasteiger partial charge in [0.1, 0.15) is 11.6 Å². The van der Waals surface area contributed by atoms with E-state index in [4.69, 9.17) is 0 Å². The lowest BCUT2D eigenvalue weighted by molar-refractivity contribution is -0.116. The molecule has 0 aliphatic heterocycles. The summed E-state index contributed by atoms with van der Waals surface area (Å²) in [7, 11) is 0. The molecule has 0 bridgehead atoms. The van der Waals surface area contributed by atoms with Crippen molar-refractivity contribution in [3.63, 3.8) is 0 Å². The third-order valence-electron chi connectivity index (χ3n) is 2.46. The second-order valence-corrected chi connectivity index (χ2v) is 3.91. The van der Waals surface area contributed by atoms with Gasteiger partial charge in [0.2, 0.25) is 5.91 Å². The molecule has 0 aromatic heterocycles. The van der Waals surface area contributed by atoms with Gasteiger partial charge >= 0.3 is 6.09 Å². The van der Waals surface area contributed by atoms with E-state index in [9.17, 15) is 18.4 Å². The summed E-state index contributed by atoms with van der Waals surface area (Å²) in [6.07, 6.45) is -0.615. The Morgan fingerprint density at radius 3 is 2.60 bits per heavy atom. The highest BCUT2D eigenvalue weighted by Crippen LogP contribution is 2.20. The predicted molar refractivity (Wildman–Crippen MR) is 69.4 cm³/mol. The molecule has 7 heteroatoms. The lowest BCUT2D eigenvalue weighted by atomic mass is 10.2. The van der Waals surface area contributed by atoms with Gasteiger partial charge < -0.3 is 15.0 Å². The molecule has 1 aromatic carbocycles. The molecule has 1 rings (SSSR count). The van der Waals surface area contributed by atoms with Gasteiger partial charge in [-0.25, -0.2) is 13.6 Å². The molecule has 0 radical (unpaired) electrons. The van der Waals surface area contributed by atoms with E-state index >= 15 is 0 Å². The van der Waals surface area contributed by atoms with Crippen LogP contribution in [0.15, 0.2) is 18.2 Å². The van der Waals surface area contributed by atoms with Crippen LogP contribution in [0.1, 0.15) is 13.8 Å². The third-order valence-corrected chi connectivity index (χ3v) is 2.46. The minimum Gasteiger partial charge on any atom is -0.450 e. The molecule has 0 fully saturated rings. The molecule has 110 valence electrons. The minimum atomic E-state index is -0.837. The summed E-state index contributed by atoms with van der Waals surface area (Å²) in [6.45, 7) is 3.29. The topological polar surface area (TPSA) is 58.6 Å². The highest BCUT2D eigenvalue weighted by molar-refractivity contribution is 5.91. The number of benzene rings is 1. The number of rotatable bonds is 5. The molecule has 0 heterocycles. The van der Waals surface area contributed by atoms with Crippen molar-refractivity contribution >= 4 is 17.7 Å². The van der Waals surface area contributed by atoms with E-state index in [1.165, 1.54) is 13.0 Å². The van der Waals surface area contributed by atoms with Crippen LogP contribution >= 0.6 is 0 Å². The molecule has 1 N–H and O–H groups in total. The zero-order valence-corrected chi connectivity index (χ0v) is 11.3. The Labute approximate surface area is 115 Å². The zero-order chi connectivity index (χ0) is 15.1. The Morgan fingerprint density at radius 2 is 2.05 bits per heavy atom. The quantitative estimate of drug-likeness (QED) is 0.901. The molecule has 0 unspecified atom stereocenters. The highest BCUT2D eigenvalue weighted by atomic mass is 19.1. The SMILES string of the molecule is CCOC(=O)NCCN(C(C)=O)c1ccc(F)cc1F. The Hall–Kier alpha value is -2.18. The van der Waals surface area contributed by atoms with Crippen LogP contribution in [0.2, 0.25) is 0 Å². The Kier molecular flexibility index (Phi) is 5.89. The molecule has 0 saturated carbocycles. The van der Waals surface area contributed by atoms with Crippen molar-refractivity contribution in [1.29, 1.82) is 0 Å². The molecule has 0 atom stereocenters. The molecule has 5 nitrogen and oxygen atoms in total. The number of nitrogens with one attached hydrogen (secondary N) is 1. The maximum atomic E-state index is 13.6. The van der Waals surface area contributed by atoms with Gasteiger partial charge in [-0.3, -0.25) is 4.79 Å². The normalized spacial score (nSPS) is 10.0. The number of hydrogen-bond acceptors (Lipinski definition) is 3. The van der Waals surface area contributed by atoms with Crippen LogP contribution in [0.25, 0.3) is 0 Å². The minimum absolute atomic E-state index is 0.0374. The summed E-state index contributed by atoms with van der Waals surface area (Å²) in [4.78, 5) is 23.7. The van der Waals surface area contributed by atoms with Gasteiger partial charge in [-0.1, -0.05) is 0 Å². The lowest BCUT2D eigenvalue weighted by Crippen LogP contribution is -2.38. The largest absolute Gasteiger partial charge is 0.450 e. The fourth-order valence-corrected chi connectivity index (χ4v) is 1.60. The molecule has 2 amide bonds. The lowest BCUT2D eigenvalue weighted by Gasteiger charge is -2.21. The first-order valence-electron chi connectivity index (χ1n) is 6.09. The molecular weight excluding hydrogens is 270 g/mol. The molecular formula is C13H16F2N2O3. The van der Waals surface area contributed by atoms with Crippen LogP contribution in [-0.4, -0.2) is 31.7 Å². The maximum absolute atomic E-state index is 13.6. The highest BCUT2D eigenvalue weighted by Gasteiger charge is 2.16. The van der Waals surface area contributed by atoms with Gasteiger partial charge in [-0.15, -0.1) is 0 Å². The number of carbonyl (C=O) groups is 2. The van der Waals surface area contributed by atoms with Crippen LogP contribution in [-0.2, 0) is 9.53 Å². The number of alkyl carbamates (subject to hydrolysis) is 1. The Morgan fingerprint density at radius 1 is 1.35 bits per heavy atom. The number of anilines is 1. The average molecular weight is 286 g/mol. The predicted octanol–water partition coefficient (Wildman–Crippen LogP) is 2.06. The summed E-state index contributed by atoms with van der Waals surface area (Å²) in [5.41, 5.74) is -0.0374. The average Bonchev–Trinajstić information content (AvgIpc) is 2.36. The third kappa shape index (κ3) is 4.49. The molecule has 0 saturated heterocycles. The summed E-state index contributed by atoms with van der Waals surface area (Å²) < 4.78 is 31.1. The Bertz CT molecular complexity index is 495. The van der Waals surface area contributed by atoms with E-state index in [0.717, 1.165) is 11.0 Å². The number of carbonyl (C=O) groups excluding carboxylic acids is 2. The number of hydrogen-bond donors (Lipinski definition) is 1. The summed E-state index contributed by atoms with van der Waals surface area (Å²) in [6, 6.07) is 2.94. The fraction of sp³-hybridized carbons (Fsp3) is 0.385. The Balaban J connectivity index is 2.70. The first-order chi connectivity index (χ1) is 9.45. The van der Waals surface area contributed by atoms with Crippen LogP contribution in [0.4, 0.5) is 19.3 Å². The number of halogens is 2. The summed E-state index contributed by atoms with van der Waals surface area (Å²) >= 11 is 0. The first-order valence-corrected chi connectivity index (χ1v) is 6.09. The molecule has 1 aromatic rings. The van der Waals surface area contributed by atoms with Gasteiger partial charge in [0, 0.05) is 26.1 Å². The zero-order valence-electron chi connectivity index (χ0n) is 11.3. The van der Waals surface area contributed by atoms with Gasteiger partial charge in [-0.05, 0) is 19.1 Å². The van der Waals surface area contributed by atoms with Gasteiger partial charge in [0.05, 0.1) is 12.3 Å². The maximum Gasteiger partial charge on any atom is 0.407 e. The van der Waals surface area contributed by atoms with Crippen molar-refractivity contribution in [2.75, 3.05) is 24.6 Å². The van der Waals surface area contributed by atoms with Gasteiger partial charge in [-0.2, -0.15) is 0 Å². The van der Waals surface area contributed by atoms with E-state index in [2.05, 4.69) is 10.1 Å². The molecule has 20 heavy (non-hydrogen) atoms. The van der Waals surface area contributed by atoms with Crippen molar-refractivity contribution < 1.29 is 23.1 Å². The monoisotopic (exact) mass is 286 g/mol. The van der Waals surface area contributed by atoms with E-state index in [1.54, 1.807) is 6.92 Å². The number of amides is 2. The van der Waals surface area contributed by atoms with Crippen molar-refractivity contribution in [3.05, 3.63) is 29.8 Å². The smallest absolute Gasteiger partial charge is 0.407 e. The van der Waals surface area contributed by atoms with Crippen LogP contribution in [0.5, 0.6) is 0 Å². The number of ether oxygens (including phenoxy) is 1. The van der Waals surface area contributed by atoms with E-state index in [1.807, 2.05) is 0 Å². The summed E-state index contributed by atoms with van der Waals surface area (Å²) in [5, 5.41) is 2.42. The summed E-state index contributed by atoms with van der Waals surface area (Å²) in [5.74, 6) is -1.98. The van der Waals surface area contributed by atoms with E-state index in [-0.39, 0.29) is 25.4 Å². The second kappa shape index (κ2) is 7.42. The van der Waals surface area contributed by atoms with Crippen molar-refractivity contribution in [1.82, 2.24) is 5.32 Å². The van der Waals surface area contributed by atoms with Crippen molar-refractivity contribution in [2.24, 2.45) is 0 Å². The van der Waals surface area contributed by atoms with Crippen LogP contribution < -0.4 is 10.2 Å². The van der Waals surface area contributed by atoms with Crippen LogP contribution in [0.3, 0.4) is 0 Å². The number of nitrogens with zero attached hydrogens (tertiary/aromatic N) is 1. The van der Waals surface area contributed by atoms with Gasteiger partial charge in [0.15, 0.2) is 0 Å². The van der Waals surface area contributed by atoms with Crippen molar-refractivity contribution in [3.8, 4) is 0 Å². The first kappa shape index (κ1) is 15.9. The standard InChI is InChI=1S/C13H16F2N2O3/c1-3-20-13(19)16-6-7-17(9(2)18)12-5-4-10(14)8-11(12)15/h4-5,8H,3,6-7H2,1-2H3,(H,16,19). The van der Waals surface area contributed by atoms with E-state index < -0.39 is 23.6 Å². The molecule has 0 aliphatic rings. The molecule has 0 aliphatic carbocycles. The molecule has 0 spiro atoms. The van der Waals surface area contributed by atoms with Crippen LogP contribution in [0, 0.1) is 11.6 Å². The van der Waals surface area contributed by atoms with Crippen molar-refractivity contribution in [2.45, 2.75) is 13.8 Å². The van der Waals surface area contributed by atoms with E-state index in [0.29, 0.717) is 6.07 Å².